The normalized spacial score (nSPS) is 12.8. The van der Waals surface area contributed by atoms with Gasteiger partial charge in [-0.15, -0.1) is 0 Å². The van der Waals surface area contributed by atoms with Crippen molar-refractivity contribution in [1.29, 1.82) is 0 Å². The van der Waals surface area contributed by atoms with Gasteiger partial charge in [0.2, 0.25) is 0 Å². The van der Waals surface area contributed by atoms with Gasteiger partial charge in [-0.3, -0.25) is 9.88 Å². The highest BCUT2D eigenvalue weighted by Crippen LogP contribution is 2.32. The average molecular weight is 565 g/mol. The largest absolute Gasteiger partial charge is 0.465 e. The van der Waals surface area contributed by atoms with Crippen LogP contribution in [0.4, 0.5) is 23.5 Å². The molecule has 0 saturated carbocycles. The van der Waals surface area contributed by atoms with Crippen molar-refractivity contribution < 1.29 is 33.0 Å². The first-order valence-corrected chi connectivity index (χ1v) is 11.8. The topological polar surface area (TPSA) is 114 Å². The zero-order valence-corrected chi connectivity index (χ0v) is 21.8. The number of alkyl halides is 2. The molecular weight excluding hydrogens is 538 g/mol. The first-order valence-electron chi connectivity index (χ1n) is 10.2. The minimum atomic E-state index is -3.09. The highest BCUT2D eigenvalue weighted by atomic mass is 79.9. The molecule has 2 N–H and O–H groups in total. The average Bonchev–Trinajstić information content (AvgIpc) is 3.04. The molecule has 9 nitrogen and oxygen atoms in total. The van der Waals surface area contributed by atoms with E-state index >= 15 is 0 Å². The van der Waals surface area contributed by atoms with Crippen molar-refractivity contribution in [2.75, 3.05) is 18.6 Å². The van der Waals surface area contributed by atoms with Gasteiger partial charge in [-0.2, -0.15) is 8.78 Å². The number of ether oxygens (including phenoxy) is 2. The summed E-state index contributed by atoms with van der Waals surface area (Å²) in [6.45, 7) is 5.85. The van der Waals surface area contributed by atoms with Crippen LogP contribution >= 0.6 is 27.3 Å². The summed E-state index contributed by atoms with van der Waals surface area (Å²) in [5, 5.41) is 12.7. The number of nitrogens with one attached hydrogen (secondary N) is 1. The lowest BCUT2D eigenvalue weighted by molar-refractivity contribution is 0.0127. The SMILES string of the molecule is COCc1nc(N(C[C@@H](Cc2ccc(C(C)(F)F)nc2)NC(=O)OC(C)(C)C)C(=O)O)sc1Br. The second-order valence-electron chi connectivity index (χ2n) is 8.53. The molecule has 2 rings (SSSR count). The van der Waals surface area contributed by atoms with Crippen molar-refractivity contribution >= 4 is 44.6 Å². The number of rotatable bonds is 9. The molecule has 34 heavy (non-hydrogen) atoms. The van der Waals surface area contributed by atoms with Crippen molar-refractivity contribution in [3.8, 4) is 0 Å². The number of carbonyl (C=O) groups is 2. The van der Waals surface area contributed by atoms with E-state index < -0.39 is 35.4 Å². The molecule has 0 aliphatic heterocycles. The maximum atomic E-state index is 13.5. The van der Waals surface area contributed by atoms with Crippen molar-refractivity contribution in [2.24, 2.45) is 0 Å². The lowest BCUT2D eigenvalue weighted by atomic mass is 10.1. The number of anilines is 1. The third kappa shape index (κ3) is 8.44. The minimum absolute atomic E-state index is 0.114. The molecule has 2 heterocycles. The van der Waals surface area contributed by atoms with Gasteiger partial charge in [-0.25, -0.2) is 14.6 Å². The van der Waals surface area contributed by atoms with E-state index in [0.29, 0.717) is 15.0 Å². The van der Waals surface area contributed by atoms with Crippen LogP contribution in [0.2, 0.25) is 0 Å². The maximum absolute atomic E-state index is 13.5. The standard InChI is InChI=1S/C21H27BrF2N4O5S/c1-20(2,3)33-18(29)26-13(8-12-6-7-15(25-9-12)21(4,23)24)10-28(19(30)31)17-27-14(11-32-5)16(22)34-17/h6-7,9,13H,8,10-11H2,1-5H3,(H,26,29)(H,30,31)/t13-/m1/s1. The van der Waals surface area contributed by atoms with E-state index in [1.54, 1.807) is 20.8 Å². The monoisotopic (exact) mass is 564 g/mol. The molecule has 0 unspecified atom stereocenters. The van der Waals surface area contributed by atoms with Crippen LogP contribution in [-0.4, -0.2) is 52.6 Å². The van der Waals surface area contributed by atoms with Gasteiger partial charge in [-0.05, 0) is 54.8 Å². The summed E-state index contributed by atoms with van der Waals surface area (Å²) in [5.41, 5.74) is -0.101. The van der Waals surface area contributed by atoms with Crippen LogP contribution in [0.3, 0.4) is 0 Å². The summed E-state index contributed by atoms with van der Waals surface area (Å²) < 4.78 is 38.0. The number of thiazole rings is 1. The fourth-order valence-electron chi connectivity index (χ4n) is 2.85. The van der Waals surface area contributed by atoms with Crippen LogP contribution in [0.15, 0.2) is 22.1 Å². The summed E-state index contributed by atoms with van der Waals surface area (Å²) in [5.74, 6) is -3.09. The van der Waals surface area contributed by atoms with Crippen molar-refractivity contribution in [2.45, 2.75) is 58.3 Å². The fourth-order valence-corrected chi connectivity index (χ4v) is 4.28. The Balaban J connectivity index is 2.30. The molecule has 188 valence electrons. The number of nitrogens with zero attached hydrogens (tertiary/aromatic N) is 3. The molecule has 13 heteroatoms. The molecule has 0 fully saturated rings. The van der Waals surface area contributed by atoms with Crippen LogP contribution in [-0.2, 0) is 28.4 Å². The Bertz CT molecular complexity index is 993. The zero-order chi connectivity index (χ0) is 25.7. The van der Waals surface area contributed by atoms with Crippen LogP contribution in [0.5, 0.6) is 0 Å². The minimum Gasteiger partial charge on any atom is -0.465 e. The second-order valence-corrected chi connectivity index (χ2v) is 10.8. The molecule has 0 spiro atoms. The fraction of sp³-hybridized carbons (Fsp3) is 0.524. The first kappa shape index (κ1) is 27.9. The molecule has 0 aromatic carbocycles. The summed E-state index contributed by atoms with van der Waals surface area (Å²) >= 11 is 4.45. The van der Waals surface area contributed by atoms with Crippen molar-refractivity contribution in [3.05, 3.63) is 39.1 Å². The van der Waals surface area contributed by atoms with E-state index in [1.807, 2.05) is 0 Å². The van der Waals surface area contributed by atoms with Crippen LogP contribution in [0.1, 0.15) is 44.6 Å². The number of amides is 2. The molecule has 0 bridgehead atoms. The van der Waals surface area contributed by atoms with Gasteiger partial charge in [0.05, 0.1) is 28.7 Å². The Morgan fingerprint density at radius 2 is 1.97 bits per heavy atom. The summed E-state index contributed by atoms with van der Waals surface area (Å²) in [6, 6.07) is 1.89. The van der Waals surface area contributed by atoms with Gasteiger partial charge in [0, 0.05) is 20.2 Å². The Morgan fingerprint density at radius 1 is 1.29 bits per heavy atom. The summed E-state index contributed by atoms with van der Waals surface area (Å²) in [4.78, 5) is 33.6. The second kappa shape index (κ2) is 11.4. The molecule has 2 aromatic rings. The Hall–Kier alpha value is -2.38. The highest BCUT2D eigenvalue weighted by Gasteiger charge is 2.28. The third-order valence-corrected chi connectivity index (χ3v) is 6.11. The van der Waals surface area contributed by atoms with E-state index in [4.69, 9.17) is 9.47 Å². The van der Waals surface area contributed by atoms with E-state index in [2.05, 4.69) is 31.2 Å². The quantitative estimate of drug-likeness (QED) is 0.431. The molecule has 0 saturated heterocycles. The number of hydrogen-bond acceptors (Lipinski definition) is 7. The van der Waals surface area contributed by atoms with Crippen molar-refractivity contribution in [1.82, 2.24) is 15.3 Å². The maximum Gasteiger partial charge on any atom is 0.413 e. The lowest BCUT2D eigenvalue weighted by Gasteiger charge is -2.26. The number of carboxylic acid groups (broad SMARTS) is 1. The van der Waals surface area contributed by atoms with Crippen molar-refractivity contribution in [3.63, 3.8) is 0 Å². The molecule has 2 aromatic heterocycles. The van der Waals surface area contributed by atoms with Gasteiger partial charge in [0.1, 0.15) is 11.3 Å². The molecule has 0 aliphatic rings. The van der Waals surface area contributed by atoms with E-state index in [9.17, 15) is 23.5 Å². The molecule has 0 radical (unpaired) electrons. The highest BCUT2D eigenvalue weighted by molar-refractivity contribution is 9.11. The molecule has 1 atom stereocenters. The van der Waals surface area contributed by atoms with E-state index in [-0.39, 0.29) is 24.7 Å². The van der Waals surface area contributed by atoms with Gasteiger partial charge in [-0.1, -0.05) is 17.4 Å². The van der Waals surface area contributed by atoms with Crippen LogP contribution in [0.25, 0.3) is 0 Å². The summed E-state index contributed by atoms with van der Waals surface area (Å²) in [6.07, 6.45) is -0.630. The first-order chi connectivity index (χ1) is 15.7. The number of alkyl carbamates (subject to hydrolysis) is 1. The Morgan fingerprint density at radius 3 is 2.47 bits per heavy atom. The Labute approximate surface area is 208 Å². The number of carbonyl (C=O) groups excluding carboxylic acids is 1. The third-order valence-electron chi connectivity index (χ3n) is 4.26. The number of hydrogen-bond donors (Lipinski definition) is 2. The number of methoxy groups -OCH3 is 1. The Kier molecular flexibility index (Phi) is 9.31. The van der Waals surface area contributed by atoms with Gasteiger partial charge < -0.3 is 19.9 Å². The lowest BCUT2D eigenvalue weighted by Crippen LogP contribution is -2.48. The number of aromatic nitrogens is 2. The van der Waals surface area contributed by atoms with E-state index in [1.165, 1.54) is 25.4 Å². The van der Waals surface area contributed by atoms with Crippen LogP contribution < -0.4 is 10.2 Å². The van der Waals surface area contributed by atoms with Crippen LogP contribution in [0, 0.1) is 0 Å². The molecular formula is C21H27BrF2N4O5S. The number of halogens is 3. The number of pyridine rings is 1. The van der Waals surface area contributed by atoms with Gasteiger partial charge in [0.25, 0.3) is 5.92 Å². The predicted molar refractivity (Wildman–Crippen MR) is 127 cm³/mol. The smallest absolute Gasteiger partial charge is 0.413 e. The zero-order valence-electron chi connectivity index (χ0n) is 19.4. The van der Waals surface area contributed by atoms with Gasteiger partial charge >= 0.3 is 12.2 Å². The molecule has 0 aliphatic carbocycles. The van der Waals surface area contributed by atoms with Gasteiger partial charge in [0.15, 0.2) is 5.13 Å². The predicted octanol–water partition coefficient (Wildman–Crippen LogP) is 5.18. The molecule has 2 amide bonds. The van der Waals surface area contributed by atoms with E-state index in [0.717, 1.165) is 23.2 Å². The summed E-state index contributed by atoms with van der Waals surface area (Å²) in [7, 11) is 1.49.